The van der Waals surface area contributed by atoms with E-state index in [9.17, 15) is 4.79 Å². The zero-order valence-electron chi connectivity index (χ0n) is 13.7. The minimum absolute atomic E-state index is 0.152. The van der Waals surface area contributed by atoms with Gasteiger partial charge in [-0.2, -0.15) is 0 Å². The van der Waals surface area contributed by atoms with E-state index in [1.807, 2.05) is 18.2 Å². The lowest BCUT2D eigenvalue weighted by atomic mass is 9.78. The lowest BCUT2D eigenvalue weighted by Gasteiger charge is -2.36. The molecular weight excluding hydrogens is 276 g/mol. The fourth-order valence-electron chi connectivity index (χ4n) is 3.15. The first-order valence-corrected chi connectivity index (χ1v) is 8.25. The maximum Gasteiger partial charge on any atom is 0.228 e. The number of rotatable bonds is 7. The molecule has 0 spiro atoms. The number of ether oxygens (including phenoxy) is 1. The molecule has 4 nitrogen and oxygen atoms in total. The highest BCUT2D eigenvalue weighted by atomic mass is 16.5. The van der Waals surface area contributed by atoms with E-state index >= 15 is 0 Å². The van der Waals surface area contributed by atoms with Crippen molar-refractivity contribution >= 4 is 5.91 Å². The van der Waals surface area contributed by atoms with Gasteiger partial charge in [-0.15, -0.1) is 0 Å². The van der Waals surface area contributed by atoms with E-state index in [4.69, 9.17) is 4.74 Å². The van der Waals surface area contributed by atoms with Crippen LogP contribution in [-0.2, 0) is 16.0 Å². The summed E-state index contributed by atoms with van der Waals surface area (Å²) in [5.74, 6) is 0.152. The molecule has 0 radical (unpaired) electrons. The molecule has 1 heterocycles. The molecule has 122 valence electrons. The molecule has 0 aromatic heterocycles. The number of carbonyl (C=O) groups excluding carboxylic acids is 1. The predicted molar refractivity (Wildman–Crippen MR) is 88.8 cm³/mol. The summed E-state index contributed by atoms with van der Waals surface area (Å²) in [6, 6.07) is 10.5. The minimum atomic E-state index is -0.371. The summed E-state index contributed by atoms with van der Waals surface area (Å²) in [5, 5.41) is 6.59. The van der Waals surface area contributed by atoms with E-state index in [0.717, 1.165) is 38.8 Å². The van der Waals surface area contributed by atoms with Gasteiger partial charge in [-0.1, -0.05) is 37.3 Å². The summed E-state index contributed by atoms with van der Waals surface area (Å²) in [6.45, 7) is 4.39. The average molecular weight is 304 g/mol. The van der Waals surface area contributed by atoms with Crippen LogP contribution in [0, 0.1) is 5.41 Å². The highest BCUT2D eigenvalue weighted by molar-refractivity contribution is 5.83. The molecule has 0 bridgehead atoms. The monoisotopic (exact) mass is 304 g/mol. The Balaban J connectivity index is 2.00. The molecule has 22 heavy (non-hydrogen) atoms. The Kier molecular flexibility index (Phi) is 6.40. The number of amides is 1. The van der Waals surface area contributed by atoms with Gasteiger partial charge >= 0.3 is 0 Å². The first-order chi connectivity index (χ1) is 10.7. The number of hydrogen-bond acceptors (Lipinski definition) is 3. The van der Waals surface area contributed by atoms with Crippen LogP contribution in [0.4, 0.5) is 0 Å². The van der Waals surface area contributed by atoms with Gasteiger partial charge in [0.25, 0.3) is 0 Å². The minimum Gasteiger partial charge on any atom is -0.384 e. The van der Waals surface area contributed by atoms with Crippen LogP contribution in [0.1, 0.15) is 31.7 Å². The third-order valence-corrected chi connectivity index (χ3v) is 4.62. The molecule has 2 N–H and O–H groups in total. The summed E-state index contributed by atoms with van der Waals surface area (Å²) in [4.78, 5) is 12.9. The van der Waals surface area contributed by atoms with Crippen LogP contribution in [0.2, 0.25) is 0 Å². The number of piperidine rings is 1. The van der Waals surface area contributed by atoms with Gasteiger partial charge in [0.1, 0.15) is 0 Å². The molecule has 2 rings (SSSR count). The Morgan fingerprint density at radius 3 is 2.59 bits per heavy atom. The van der Waals surface area contributed by atoms with Gasteiger partial charge in [0.05, 0.1) is 12.0 Å². The third-order valence-electron chi connectivity index (χ3n) is 4.62. The van der Waals surface area contributed by atoms with Crippen molar-refractivity contribution in [3.05, 3.63) is 35.9 Å². The van der Waals surface area contributed by atoms with Gasteiger partial charge in [-0.3, -0.25) is 4.79 Å². The summed E-state index contributed by atoms with van der Waals surface area (Å²) in [7, 11) is 1.68. The van der Waals surface area contributed by atoms with Crippen molar-refractivity contribution in [1.29, 1.82) is 0 Å². The number of nitrogens with one attached hydrogen (secondary N) is 2. The van der Waals surface area contributed by atoms with Gasteiger partial charge in [0.2, 0.25) is 5.91 Å². The van der Waals surface area contributed by atoms with E-state index in [2.05, 4.69) is 29.7 Å². The summed E-state index contributed by atoms with van der Waals surface area (Å²) in [6.07, 6.45) is 3.50. The lowest BCUT2D eigenvalue weighted by molar-refractivity contribution is -0.137. The molecule has 1 amide bonds. The number of carbonyl (C=O) groups is 1. The number of benzene rings is 1. The second-order valence-corrected chi connectivity index (χ2v) is 6.23. The second-order valence-electron chi connectivity index (χ2n) is 6.23. The van der Waals surface area contributed by atoms with E-state index in [-0.39, 0.29) is 17.4 Å². The van der Waals surface area contributed by atoms with E-state index in [0.29, 0.717) is 6.61 Å². The fraction of sp³-hybridized carbons (Fsp3) is 0.611. The topological polar surface area (TPSA) is 50.4 Å². The fourth-order valence-corrected chi connectivity index (χ4v) is 3.15. The standard InChI is InChI=1S/C18H28N2O2/c1-3-16(13-15-7-5-4-6-8-15)20-17(21)18(14-22-2)9-11-19-12-10-18/h4-8,16,19H,3,9-14H2,1-2H3,(H,20,21). The molecule has 0 saturated carbocycles. The van der Waals surface area contributed by atoms with Gasteiger partial charge in [-0.25, -0.2) is 0 Å². The predicted octanol–water partition coefficient (Wildman–Crippen LogP) is 2.14. The maximum atomic E-state index is 12.9. The van der Waals surface area contributed by atoms with Crippen LogP contribution in [0.25, 0.3) is 0 Å². The Labute approximate surface area is 133 Å². The van der Waals surface area contributed by atoms with Gasteiger partial charge in [0, 0.05) is 13.2 Å². The first kappa shape index (κ1) is 17.0. The third kappa shape index (κ3) is 4.31. The molecule has 1 aromatic carbocycles. The van der Waals surface area contributed by atoms with Crippen molar-refractivity contribution in [3.8, 4) is 0 Å². The Bertz CT molecular complexity index is 450. The largest absolute Gasteiger partial charge is 0.384 e. The van der Waals surface area contributed by atoms with E-state index in [1.165, 1.54) is 5.56 Å². The summed E-state index contributed by atoms with van der Waals surface area (Å²) < 4.78 is 5.35. The summed E-state index contributed by atoms with van der Waals surface area (Å²) >= 11 is 0. The molecule has 1 aliphatic rings. The maximum absolute atomic E-state index is 12.9. The first-order valence-electron chi connectivity index (χ1n) is 8.25. The molecule has 1 saturated heterocycles. The van der Waals surface area contributed by atoms with Gasteiger partial charge in [-0.05, 0) is 44.3 Å². The smallest absolute Gasteiger partial charge is 0.228 e. The molecule has 1 fully saturated rings. The average Bonchev–Trinajstić information content (AvgIpc) is 2.56. The van der Waals surface area contributed by atoms with Crippen molar-refractivity contribution < 1.29 is 9.53 Å². The molecule has 1 aromatic rings. The number of hydrogen-bond donors (Lipinski definition) is 2. The van der Waals surface area contributed by atoms with Crippen molar-refractivity contribution in [1.82, 2.24) is 10.6 Å². The molecule has 4 heteroatoms. The van der Waals surface area contributed by atoms with Crippen LogP contribution in [-0.4, -0.2) is 38.8 Å². The van der Waals surface area contributed by atoms with Crippen LogP contribution in [0.3, 0.4) is 0 Å². The van der Waals surface area contributed by atoms with E-state index < -0.39 is 0 Å². The molecule has 0 aliphatic carbocycles. The molecule has 1 unspecified atom stereocenters. The van der Waals surface area contributed by atoms with Gasteiger partial charge < -0.3 is 15.4 Å². The Morgan fingerprint density at radius 1 is 1.32 bits per heavy atom. The van der Waals surface area contributed by atoms with Crippen LogP contribution < -0.4 is 10.6 Å². The zero-order chi connectivity index (χ0) is 15.8. The Hall–Kier alpha value is -1.39. The van der Waals surface area contributed by atoms with Crippen molar-refractivity contribution in [2.75, 3.05) is 26.8 Å². The van der Waals surface area contributed by atoms with E-state index in [1.54, 1.807) is 7.11 Å². The van der Waals surface area contributed by atoms with Gasteiger partial charge in [0.15, 0.2) is 0 Å². The van der Waals surface area contributed by atoms with Crippen LogP contribution in [0.15, 0.2) is 30.3 Å². The SMILES string of the molecule is CCC(Cc1ccccc1)NC(=O)C1(COC)CCNCC1. The normalized spacial score (nSPS) is 18.6. The highest BCUT2D eigenvalue weighted by Crippen LogP contribution is 2.29. The molecule has 1 atom stereocenters. The van der Waals surface area contributed by atoms with Crippen molar-refractivity contribution in [2.45, 2.75) is 38.6 Å². The van der Waals surface area contributed by atoms with Crippen LogP contribution in [0.5, 0.6) is 0 Å². The number of methoxy groups -OCH3 is 1. The Morgan fingerprint density at radius 2 is 2.00 bits per heavy atom. The summed E-state index contributed by atoms with van der Waals surface area (Å²) in [5.41, 5.74) is 0.894. The van der Waals surface area contributed by atoms with Crippen LogP contribution >= 0.6 is 0 Å². The molecule has 1 aliphatic heterocycles. The quantitative estimate of drug-likeness (QED) is 0.811. The van der Waals surface area contributed by atoms with Crippen molar-refractivity contribution in [3.63, 3.8) is 0 Å². The zero-order valence-corrected chi connectivity index (χ0v) is 13.7. The van der Waals surface area contributed by atoms with Crippen molar-refractivity contribution in [2.24, 2.45) is 5.41 Å². The molecular formula is C18H28N2O2. The lowest BCUT2D eigenvalue weighted by Crippen LogP contribution is -2.52. The highest BCUT2D eigenvalue weighted by Gasteiger charge is 2.40. The second kappa shape index (κ2) is 8.30.